The van der Waals surface area contributed by atoms with Gasteiger partial charge in [-0.3, -0.25) is 9.69 Å². The Morgan fingerprint density at radius 1 is 1.11 bits per heavy atom. The van der Waals surface area contributed by atoms with Crippen molar-refractivity contribution in [2.75, 3.05) is 52.4 Å². The Labute approximate surface area is 208 Å². The largest absolute Gasteiger partial charge is 0.490 e. The van der Waals surface area contributed by atoms with E-state index in [0.717, 1.165) is 31.5 Å². The summed E-state index contributed by atoms with van der Waals surface area (Å²) in [6.45, 7) is 6.30. The zero-order valence-electron chi connectivity index (χ0n) is 20.0. The SMILES string of the molecule is CC1CCCCN1CCN(CC(=O)N1CCNCC1)S(=O)(=O)c1ccc(F)cc1.O=C(O)C(F)(F)F. The van der Waals surface area contributed by atoms with Gasteiger partial charge in [-0.2, -0.15) is 17.5 Å². The van der Waals surface area contributed by atoms with Crippen LogP contribution >= 0.6 is 0 Å². The Kier molecular flexibility index (Phi) is 11.1. The molecule has 2 aliphatic heterocycles. The number of nitrogens with zero attached hydrogens (tertiary/aromatic N) is 3. The maximum Gasteiger partial charge on any atom is 0.490 e. The predicted molar refractivity (Wildman–Crippen MR) is 123 cm³/mol. The van der Waals surface area contributed by atoms with Gasteiger partial charge < -0.3 is 15.3 Å². The van der Waals surface area contributed by atoms with Crippen molar-refractivity contribution in [1.82, 2.24) is 19.4 Å². The molecule has 9 nitrogen and oxygen atoms in total. The van der Waals surface area contributed by atoms with E-state index in [0.29, 0.717) is 38.8 Å². The molecule has 0 spiro atoms. The fourth-order valence-electron chi connectivity index (χ4n) is 3.93. The molecule has 2 fully saturated rings. The average molecular weight is 541 g/mol. The van der Waals surface area contributed by atoms with Gasteiger partial charge in [0.1, 0.15) is 5.82 Å². The predicted octanol–water partition coefficient (Wildman–Crippen LogP) is 1.76. The fourth-order valence-corrected chi connectivity index (χ4v) is 5.32. The molecule has 0 bridgehead atoms. The van der Waals surface area contributed by atoms with Crippen molar-refractivity contribution in [1.29, 1.82) is 0 Å². The Hall–Kier alpha value is -2.29. The molecule has 36 heavy (non-hydrogen) atoms. The molecule has 0 radical (unpaired) electrons. The van der Waals surface area contributed by atoms with E-state index >= 15 is 0 Å². The molecule has 204 valence electrons. The fraction of sp³-hybridized carbons (Fsp3) is 0.636. The molecule has 2 saturated heterocycles. The lowest BCUT2D eigenvalue weighted by molar-refractivity contribution is -0.192. The number of benzene rings is 1. The van der Waals surface area contributed by atoms with Crippen LogP contribution in [0.2, 0.25) is 0 Å². The van der Waals surface area contributed by atoms with Gasteiger partial charge >= 0.3 is 12.1 Å². The van der Waals surface area contributed by atoms with E-state index in [1.807, 2.05) is 0 Å². The zero-order chi connectivity index (χ0) is 26.9. The molecule has 1 atom stereocenters. The van der Waals surface area contributed by atoms with Gasteiger partial charge in [-0.05, 0) is 50.6 Å². The van der Waals surface area contributed by atoms with Crippen LogP contribution in [0.15, 0.2) is 29.2 Å². The number of hydrogen-bond donors (Lipinski definition) is 2. The lowest BCUT2D eigenvalue weighted by Gasteiger charge is -2.35. The number of carbonyl (C=O) groups is 2. The van der Waals surface area contributed by atoms with Gasteiger partial charge in [0.05, 0.1) is 11.4 Å². The first-order chi connectivity index (χ1) is 16.8. The Morgan fingerprint density at radius 3 is 2.22 bits per heavy atom. The minimum Gasteiger partial charge on any atom is -0.475 e. The highest BCUT2D eigenvalue weighted by Gasteiger charge is 2.38. The van der Waals surface area contributed by atoms with E-state index < -0.39 is 28.0 Å². The number of sulfonamides is 1. The Bertz CT molecular complexity index is 970. The summed E-state index contributed by atoms with van der Waals surface area (Å²) >= 11 is 0. The Balaban J connectivity index is 0.000000572. The van der Waals surface area contributed by atoms with Crippen LogP contribution in [-0.2, 0) is 19.6 Å². The van der Waals surface area contributed by atoms with E-state index in [2.05, 4.69) is 17.1 Å². The number of aliphatic carboxylic acids is 1. The monoisotopic (exact) mass is 540 g/mol. The van der Waals surface area contributed by atoms with Gasteiger partial charge in [-0.25, -0.2) is 17.6 Å². The molecule has 2 heterocycles. The van der Waals surface area contributed by atoms with Gasteiger partial charge in [0.2, 0.25) is 15.9 Å². The number of carboxylic acid groups (broad SMARTS) is 1. The molecular formula is C22H32F4N4O5S. The van der Waals surface area contributed by atoms with Crippen molar-refractivity contribution in [3.63, 3.8) is 0 Å². The number of piperazine rings is 1. The van der Waals surface area contributed by atoms with Crippen LogP contribution in [0.4, 0.5) is 17.6 Å². The number of halogens is 4. The van der Waals surface area contributed by atoms with Crippen molar-refractivity contribution >= 4 is 21.9 Å². The second kappa shape index (κ2) is 13.3. The van der Waals surface area contributed by atoms with E-state index in [-0.39, 0.29) is 23.9 Å². The molecule has 1 aromatic carbocycles. The van der Waals surface area contributed by atoms with Crippen LogP contribution in [0.5, 0.6) is 0 Å². The first-order valence-electron chi connectivity index (χ1n) is 11.6. The number of carbonyl (C=O) groups excluding carboxylic acids is 1. The maximum absolute atomic E-state index is 13.3. The van der Waals surface area contributed by atoms with E-state index in [1.165, 1.54) is 22.9 Å². The molecule has 14 heteroatoms. The molecule has 1 unspecified atom stereocenters. The lowest BCUT2D eigenvalue weighted by atomic mass is 10.0. The van der Waals surface area contributed by atoms with Crippen molar-refractivity contribution in [3.8, 4) is 0 Å². The molecular weight excluding hydrogens is 508 g/mol. The molecule has 0 saturated carbocycles. The van der Waals surface area contributed by atoms with E-state index in [4.69, 9.17) is 9.90 Å². The third kappa shape index (κ3) is 8.98. The standard InChI is InChI=1S/C20H31FN4O3S.C2HF3O2/c1-17-4-2-3-11-23(17)14-15-25(16-20(26)24-12-9-22-10-13-24)29(27,28)19-7-5-18(21)6-8-19;3-2(4,5)1(6)7/h5-8,17,22H,2-4,9-16H2,1H3;(H,6,7). The maximum atomic E-state index is 13.3. The van der Waals surface area contributed by atoms with Gasteiger partial charge in [0.25, 0.3) is 0 Å². The second-order valence-corrected chi connectivity index (χ2v) is 10.5. The smallest absolute Gasteiger partial charge is 0.475 e. The third-order valence-corrected chi connectivity index (χ3v) is 7.91. The van der Waals surface area contributed by atoms with Gasteiger partial charge in [-0.1, -0.05) is 6.42 Å². The number of amides is 1. The summed E-state index contributed by atoms with van der Waals surface area (Å²) in [7, 11) is -3.89. The molecule has 2 aliphatic rings. The highest BCUT2D eigenvalue weighted by atomic mass is 32.2. The number of likely N-dealkylation sites (tertiary alicyclic amines) is 1. The first-order valence-corrected chi connectivity index (χ1v) is 13.0. The molecule has 3 rings (SSSR count). The summed E-state index contributed by atoms with van der Waals surface area (Å²) in [6.07, 6.45) is -1.68. The van der Waals surface area contributed by atoms with Crippen molar-refractivity contribution in [3.05, 3.63) is 30.1 Å². The van der Waals surface area contributed by atoms with Crippen LogP contribution in [0.3, 0.4) is 0 Å². The highest BCUT2D eigenvalue weighted by Crippen LogP contribution is 2.19. The van der Waals surface area contributed by atoms with Gasteiger partial charge in [0.15, 0.2) is 0 Å². The molecule has 0 aliphatic carbocycles. The van der Waals surface area contributed by atoms with E-state index in [1.54, 1.807) is 4.90 Å². The van der Waals surface area contributed by atoms with E-state index in [9.17, 15) is 30.8 Å². The molecule has 0 aromatic heterocycles. The summed E-state index contributed by atoms with van der Waals surface area (Å²) in [5, 5.41) is 10.3. The number of hydrogen-bond acceptors (Lipinski definition) is 6. The number of piperidine rings is 1. The zero-order valence-corrected chi connectivity index (χ0v) is 20.8. The minimum atomic E-state index is -5.08. The van der Waals surface area contributed by atoms with Crippen LogP contribution in [-0.4, -0.2) is 104 Å². The number of alkyl halides is 3. The molecule has 1 aromatic rings. The molecule has 2 N–H and O–H groups in total. The van der Waals surface area contributed by atoms with Gasteiger partial charge in [-0.15, -0.1) is 0 Å². The normalized spacial score (nSPS) is 19.5. The Morgan fingerprint density at radius 2 is 1.69 bits per heavy atom. The summed E-state index contributed by atoms with van der Waals surface area (Å²) in [5.41, 5.74) is 0. The number of carboxylic acids is 1. The summed E-state index contributed by atoms with van der Waals surface area (Å²) in [4.78, 5) is 25.7. The average Bonchev–Trinajstić information content (AvgIpc) is 2.83. The van der Waals surface area contributed by atoms with Crippen molar-refractivity contribution in [2.45, 2.75) is 43.3 Å². The lowest BCUT2D eigenvalue weighted by Crippen LogP contribution is -2.51. The summed E-state index contributed by atoms with van der Waals surface area (Å²) < 4.78 is 72.7. The van der Waals surface area contributed by atoms with Crippen LogP contribution in [0, 0.1) is 5.82 Å². The quantitative estimate of drug-likeness (QED) is 0.507. The second-order valence-electron chi connectivity index (χ2n) is 8.61. The van der Waals surface area contributed by atoms with Gasteiger partial charge in [0, 0.05) is 45.3 Å². The minimum absolute atomic E-state index is 0.0127. The van der Waals surface area contributed by atoms with Crippen LogP contribution in [0.1, 0.15) is 26.2 Å². The van der Waals surface area contributed by atoms with Crippen molar-refractivity contribution in [2.24, 2.45) is 0 Å². The number of nitrogens with one attached hydrogen (secondary N) is 1. The van der Waals surface area contributed by atoms with Crippen LogP contribution < -0.4 is 5.32 Å². The summed E-state index contributed by atoms with van der Waals surface area (Å²) in [6, 6.07) is 5.20. The third-order valence-electron chi connectivity index (χ3n) is 6.05. The van der Waals surface area contributed by atoms with Crippen molar-refractivity contribution < 1.29 is 40.7 Å². The topological polar surface area (TPSA) is 110 Å². The van der Waals surface area contributed by atoms with Crippen LogP contribution in [0.25, 0.3) is 0 Å². The number of rotatable bonds is 7. The summed E-state index contributed by atoms with van der Waals surface area (Å²) in [5.74, 6) is -3.44. The molecule has 1 amide bonds. The first kappa shape index (κ1) is 29.9. The highest BCUT2D eigenvalue weighted by molar-refractivity contribution is 7.89.